The van der Waals surface area contributed by atoms with Crippen LogP contribution in [0.5, 0.6) is 5.75 Å². The standard InChI is InChI=1S/C26H19Cl2FN2O6/c27-25-11-17-14(9-10-16-19(17)22(34)31(37)21(16)33)20(15-3-1-2-4-18(15)32)26(25,28)24(36)30(23(25)35)13-7-5-12(29)6-8-13/h1-9,16-17,19-20,32,37H,10-11H2/t16-,17+,19-,20+,25+,26-/m0/s1. The molecule has 2 aromatic carbocycles. The fourth-order valence-electron chi connectivity index (χ4n) is 6.46. The molecule has 0 aromatic heterocycles. The average molecular weight is 545 g/mol. The second-order valence-electron chi connectivity index (χ2n) is 9.80. The second kappa shape index (κ2) is 7.86. The molecule has 0 radical (unpaired) electrons. The number of hydroxylamine groups is 2. The molecule has 4 aliphatic rings. The Labute approximate surface area is 219 Å². The summed E-state index contributed by atoms with van der Waals surface area (Å²) in [5, 5.41) is 21.0. The Morgan fingerprint density at radius 2 is 1.59 bits per heavy atom. The van der Waals surface area contributed by atoms with E-state index in [1.165, 1.54) is 18.2 Å². The van der Waals surface area contributed by atoms with E-state index in [4.69, 9.17) is 23.2 Å². The van der Waals surface area contributed by atoms with Gasteiger partial charge in [-0.05, 0) is 49.1 Å². The van der Waals surface area contributed by atoms with E-state index in [9.17, 15) is 33.9 Å². The number of allylic oxidation sites excluding steroid dienone is 2. The number of alkyl halides is 2. The van der Waals surface area contributed by atoms with E-state index in [-0.39, 0.29) is 34.9 Å². The number of anilines is 1. The lowest BCUT2D eigenvalue weighted by Crippen LogP contribution is -2.60. The van der Waals surface area contributed by atoms with Gasteiger partial charge in [0.05, 0.1) is 17.5 Å². The zero-order valence-electron chi connectivity index (χ0n) is 19.0. The Morgan fingerprint density at radius 3 is 2.27 bits per heavy atom. The normalized spacial score (nSPS) is 34.9. The first-order valence-corrected chi connectivity index (χ1v) is 12.3. The highest BCUT2D eigenvalue weighted by Gasteiger charge is 2.76. The average Bonchev–Trinajstić information content (AvgIpc) is 3.18. The van der Waals surface area contributed by atoms with Crippen molar-refractivity contribution in [1.82, 2.24) is 5.06 Å². The van der Waals surface area contributed by atoms with Gasteiger partial charge in [0.1, 0.15) is 11.6 Å². The van der Waals surface area contributed by atoms with Crippen LogP contribution in [0.1, 0.15) is 24.3 Å². The molecule has 190 valence electrons. The summed E-state index contributed by atoms with van der Waals surface area (Å²) < 4.78 is 13.6. The van der Waals surface area contributed by atoms with E-state index in [0.29, 0.717) is 5.57 Å². The van der Waals surface area contributed by atoms with E-state index in [0.717, 1.165) is 17.0 Å². The van der Waals surface area contributed by atoms with Crippen LogP contribution in [0.3, 0.4) is 0 Å². The maximum atomic E-state index is 14.0. The third-order valence-electron chi connectivity index (χ3n) is 8.12. The van der Waals surface area contributed by atoms with E-state index in [1.807, 2.05) is 0 Å². The highest BCUT2D eigenvalue weighted by Crippen LogP contribution is 2.66. The van der Waals surface area contributed by atoms with Gasteiger partial charge in [-0.3, -0.25) is 24.4 Å². The summed E-state index contributed by atoms with van der Waals surface area (Å²) in [5.41, 5.74) is 0.759. The van der Waals surface area contributed by atoms with Crippen LogP contribution in [0, 0.1) is 23.6 Å². The van der Waals surface area contributed by atoms with Crippen LogP contribution in [0.25, 0.3) is 0 Å². The molecular formula is C26H19Cl2FN2O6. The van der Waals surface area contributed by atoms with Gasteiger partial charge in [-0.1, -0.05) is 29.8 Å². The van der Waals surface area contributed by atoms with Crippen molar-refractivity contribution in [3.63, 3.8) is 0 Å². The van der Waals surface area contributed by atoms with Crippen LogP contribution in [0.2, 0.25) is 0 Å². The maximum Gasteiger partial charge on any atom is 0.258 e. The fraction of sp³-hybridized carbons (Fsp3) is 0.308. The monoisotopic (exact) mass is 544 g/mol. The van der Waals surface area contributed by atoms with Gasteiger partial charge in [0.25, 0.3) is 23.6 Å². The minimum absolute atomic E-state index is 0.0605. The minimum Gasteiger partial charge on any atom is -0.508 e. The van der Waals surface area contributed by atoms with Gasteiger partial charge in [0.2, 0.25) is 0 Å². The molecule has 8 nitrogen and oxygen atoms in total. The third kappa shape index (κ3) is 2.93. The van der Waals surface area contributed by atoms with Crippen LogP contribution in [-0.4, -0.2) is 48.8 Å². The van der Waals surface area contributed by atoms with Crippen molar-refractivity contribution >= 4 is 52.5 Å². The lowest BCUT2D eigenvalue weighted by atomic mass is 9.56. The SMILES string of the molecule is O=C1[C@H]2[C@H](CC=C3[C@H]2C[C@@]2(Cl)C(=O)N(c4ccc(F)cc4)C(=O)[C@@]2(Cl)[C@H]3c2ccccc2O)C(=O)N1O. The summed E-state index contributed by atoms with van der Waals surface area (Å²) in [7, 11) is 0. The molecule has 0 bridgehead atoms. The fourth-order valence-corrected chi connectivity index (χ4v) is 7.39. The van der Waals surface area contributed by atoms with Crippen molar-refractivity contribution in [1.29, 1.82) is 0 Å². The van der Waals surface area contributed by atoms with Gasteiger partial charge in [0.15, 0.2) is 9.75 Å². The molecule has 2 saturated heterocycles. The number of amides is 4. The van der Waals surface area contributed by atoms with Crippen molar-refractivity contribution in [3.05, 3.63) is 71.6 Å². The Hall–Kier alpha value is -3.27. The first kappa shape index (κ1) is 24.1. The third-order valence-corrected chi connectivity index (χ3v) is 9.53. The molecule has 2 heterocycles. The maximum absolute atomic E-state index is 14.0. The van der Waals surface area contributed by atoms with E-state index < -0.39 is 62.9 Å². The summed E-state index contributed by atoms with van der Waals surface area (Å²) >= 11 is 14.2. The molecule has 0 unspecified atom stereocenters. The number of para-hydroxylation sites is 1. The van der Waals surface area contributed by atoms with Gasteiger partial charge in [0, 0.05) is 11.5 Å². The van der Waals surface area contributed by atoms with Crippen molar-refractivity contribution < 1.29 is 33.9 Å². The van der Waals surface area contributed by atoms with Crippen LogP contribution >= 0.6 is 23.2 Å². The van der Waals surface area contributed by atoms with Gasteiger partial charge in [-0.15, -0.1) is 23.2 Å². The largest absolute Gasteiger partial charge is 0.508 e. The van der Waals surface area contributed by atoms with E-state index >= 15 is 0 Å². The van der Waals surface area contributed by atoms with Gasteiger partial charge in [-0.25, -0.2) is 9.29 Å². The van der Waals surface area contributed by atoms with Crippen molar-refractivity contribution in [2.75, 3.05) is 4.90 Å². The first-order valence-electron chi connectivity index (χ1n) is 11.6. The van der Waals surface area contributed by atoms with Crippen molar-refractivity contribution in [2.45, 2.75) is 28.5 Å². The first-order chi connectivity index (χ1) is 17.5. The molecule has 2 aliphatic heterocycles. The molecule has 1 saturated carbocycles. The number of benzene rings is 2. The molecule has 11 heteroatoms. The Balaban J connectivity index is 1.58. The van der Waals surface area contributed by atoms with Crippen LogP contribution < -0.4 is 4.90 Å². The van der Waals surface area contributed by atoms with Gasteiger partial charge >= 0.3 is 0 Å². The van der Waals surface area contributed by atoms with E-state index in [2.05, 4.69) is 0 Å². The quantitative estimate of drug-likeness (QED) is 0.259. The summed E-state index contributed by atoms with van der Waals surface area (Å²) in [6.45, 7) is 0. The molecular weight excluding hydrogens is 526 g/mol. The summed E-state index contributed by atoms with van der Waals surface area (Å²) in [6, 6.07) is 10.8. The van der Waals surface area contributed by atoms with Crippen molar-refractivity contribution in [2.24, 2.45) is 17.8 Å². The zero-order chi connectivity index (χ0) is 26.4. The molecule has 4 amide bonds. The van der Waals surface area contributed by atoms with E-state index in [1.54, 1.807) is 24.3 Å². The number of phenolic OH excluding ortho intramolecular Hbond substituents is 1. The molecule has 37 heavy (non-hydrogen) atoms. The molecule has 2 aliphatic carbocycles. The van der Waals surface area contributed by atoms with Crippen LogP contribution in [0.4, 0.5) is 10.1 Å². The number of fused-ring (bicyclic) bond motifs is 4. The Kier molecular flexibility index (Phi) is 5.12. The number of carbonyl (C=O) groups is 4. The molecule has 2 N–H and O–H groups in total. The molecule has 6 atom stereocenters. The molecule has 2 aromatic rings. The summed E-state index contributed by atoms with van der Waals surface area (Å²) in [4.78, 5) is 50.0. The number of hydrogen-bond donors (Lipinski definition) is 2. The number of hydrogen-bond acceptors (Lipinski definition) is 6. The highest BCUT2D eigenvalue weighted by atomic mass is 35.5. The van der Waals surface area contributed by atoms with Crippen molar-refractivity contribution in [3.8, 4) is 5.75 Å². The topological polar surface area (TPSA) is 115 Å². The number of aromatic hydroxyl groups is 1. The van der Waals surface area contributed by atoms with Gasteiger partial charge < -0.3 is 5.11 Å². The predicted molar refractivity (Wildman–Crippen MR) is 128 cm³/mol. The number of halogens is 3. The smallest absolute Gasteiger partial charge is 0.258 e. The minimum atomic E-state index is -2.13. The number of carbonyl (C=O) groups excluding carboxylic acids is 4. The summed E-state index contributed by atoms with van der Waals surface area (Å²) in [5.74, 6) is -7.93. The lowest BCUT2D eigenvalue weighted by molar-refractivity contribution is -0.173. The second-order valence-corrected chi connectivity index (χ2v) is 11.0. The number of rotatable bonds is 2. The Bertz CT molecular complexity index is 1430. The van der Waals surface area contributed by atoms with Crippen LogP contribution in [-0.2, 0) is 19.2 Å². The molecule has 0 spiro atoms. The Morgan fingerprint density at radius 1 is 0.919 bits per heavy atom. The highest BCUT2D eigenvalue weighted by molar-refractivity contribution is 6.58. The zero-order valence-corrected chi connectivity index (χ0v) is 20.5. The number of imide groups is 2. The lowest BCUT2D eigenvalue weighted by Gasteiger charge is -2.50. The van der Waals surface area contributed by atoms with Crippen LogP contribution in [0.15, 0.2) is 60.2 Å². The number of nitrogens with zero attached hydrogens (tertiary/aromatic N) is 2. The molecule has 3 fully saturated rings. The molecule has 6 rings (SSSR count). The van der Waals surface area contributed by atoms with Gasteiger partial charge in [-0.2, -0.15) is 5.06 Å². The number of phenols is 1. The summed E-state index contributed by atoms with van der Waals surface area (Å²) in [6.07, 6.45) is 1.50. The predicted octanol–water partition coefficient (Wildman–Crippen LogP) is 3.48.